The van der Waals surface area contributed by atoms with Gasteiger partial charge in [0.05, 0.1) is 0 Å². The lowest BCUT2D eigenvalue weighted by atomic mass is 9.82. The van der Waals surface area contributed by atoms with Gasteiger partial charge in [-0.05, 0) is 43.7 Å². The molecule has 0 radical (unpaired) electrons. The molecule has 0 atom stereocenters. The number of rotatable bonds is 4. The van der Waals surface area contributed by atoms with Crippen LogP contribution in [0.25, 0.3) is 0 Å². The molecular weight excluding hydrogens is 224 g/mol. The van der Waals surface area contributed by atoms with Gasteiger partial charge in [0.25, 0.3) is 0 Å². The maximum absolute atomic E-state index is 5.44. The number of nitrogens with zero attached hydrogens (tertiary/aromatic N) is 1. The normalized spacial score (nSPS) is 19.1. The molecule has 0 amide bonds. The number of hydrogen-bond acceptors (Lipinski definition) is 2. The van der Waals surface area contributed by atoms with Crippen LogP contribution < -0.4 is 5.32 Å². The van der Waals surface area contributed by atoms with Crippen molar-refractivity contribution in [2.24, 2.45) is 12.5 Å². The Morgan fingerprint density at radius 1 is 1.33 bits per heavy atom. The summed E-state index contributed by atoms with van der Waals surface area (Å²) in [4.78, 5) is 0. The highest BCUT2D eigenvalue weighted by Crippen LogP contribution is 2.28. The summed E-state index contributed by atoms with van der Waals surface area (Å²) in [6.45, 7) is 10.6. The molecule has 3 heteroatoms. The van der Waals surface area contributed by atoms with E-state index in [0.29, 0.717) is 5.41 Å². The van der Waals surface area contributed by atoms with Crippen molar-refractivity contribution in [2.45, 2.75) is 40.2 Å². The van der Waals surface area contributed by atoms with Crippen molar-refractivity contribution in [3.8, 4) is 0 Å². The van der Waals surface area contributed by atoms with Crippen LogP contribution in [-0.2, 0) is 18.3 Å². The van der Waals surface area contributed by atoms with Crippen molar-refractivity contribution in [3.05, 3.63) is 23.0 Å². The standard InChI is InChI=1S/C15H26N2O/c1-12-9-14(13(2)17(12)4)10-16-11-15(3)5-7-18-8-6-15/h9,16H,5-8,10-11H2,1-4H3. The molecule has 0 unspecified atom stereocenters. The molecule has 102 valence electrons. The van der Waals surface area contributed by atoms with Crippen molar-refractivity contribution in [2.75, 3.05) is 19.8 Å². The zero-order valence-corrected chi connectivity index (χ0v) is 12.2. The summed E-state index contributed by atoms with van der Waals surface area (Å²) in [6, 6.07) is 2.29. The van der Waals surface area contributed by atoms with Crippen molar-refractivity contribution < 1.29 is 4.74 Å². The van der Waals surface area contributed by atoms with E-state index in [1.165, 1.54) is 29.8 Å². The fourth-order valence-electron chi connectivity index (χ4n) is 2.65. The van der Waals surface area contributed by atoms with Gasteiger partial charge in [0.15, 0.2) is 0 Å². The lowest BCUT2D eigenvalue weighted by Crippen LogP contribution is -2.36. The number of hydrogen-bond donors (Lipinski definition) is 1. The van der Waals surface area contributed by atoms with E-state index in [1.807, 2.05) is 0 Å². The lowest BCUT2D eigenvalue weighted by molar-refractivity contribution is 0.0240. The quantitative estimate of drug-likeness (QED) is 0.889. The number of ether oxygens (including phenoxy) is 1. The first-order valence-corrected chi connectivity index (χ1v) is 6.92. The van der Waals surface area contributed by atoms with Gasteiger partial charge in [-0.1, -0.05) is 6.92 Å². The highest BCUT2D eigenvalue weighted by atomic mass is 16.5. The van der Waals surface area contributed by atoms with Gasteiger partial charge in [-0.15, -0.1) is 0 Å². The Hall–Kier alpha value is -0.800. The molecule has 1 aliphatic heterocycles. The third-order valence-electron chi connectivity index (χ3n) is 4.45. The number of aromatic nitrogens is 1. The molecule has 0 saturated carbocycles. The van der Waals surface area contributed by atoms with Gasteiger partial charge in [-0.2, -0.15) is 0 Å². The van der Waals surface area contributed by atoms with Gasteiger partial charge in [0.2, 0.25) is 0 Å². The monoisotopic (exact) mass is 250 g/mol. The van der Waals surface area contributed by atoms with Crippen LogP contribution in [0.1, 0.15) is 36.7 Å². The minimum absolute atomic E-state index is 0.413. The zero-order valence-electron chi connectivity index (χ0n) is 12.2. The average molecular weight is 250 g/mol. The molecule has 1 aromatic heterocycles. The highest BCUT2D eigenvalue weighted by Gasteiger charge is 2.26. The molecule has 3 nitrogen and oxygen atoms in total. The van der Waals surface area contributed by atoms with E-state index >= 15 is 0 Å². The molecule has 1 N–H and O–H groups in total. The highest BCUT2D eigenvalue weighted by molar-refractivity contribution is 5.26. The molecule has 2 heterocycles. The first-order chi connectivity index (χ1) is 8.52. The molecule has 1 aliphatic rings. The van der Waals surface area contributed by atoms with Gasteiger partial charge in [0.1, 0.15) is 0 Å². The van der Waals surface area contributed by atoms with Gasteiger partial charge < -0.3 is 14.6 Å². The molecule has 0 aromatic carbocycles. The van der Waals surface area contributed by atoms with E-state index in [9.17, 15) is 0 Å². The first-order valence-electron chi connectivity index (χ1n) is 6.92. The summed E-state index contributed by atoms with van der Waals surface area (Å²) in [5.74, 6) is 0. The van der Waals surface area contributed by atoms with E-state index < -0.39 is 0 Å². The zero-order chi connectivity index (χ0) is 13.2. The molecule has 18 heavy (non-hydrogen) atoms. The SMILES string of the molecule is Cc1cc(CNCC2(C)CCOCC2)c(C)n1C. The molecule has 2 rings (SSSR count). The third-order valence-corrected chi connectivity index (χ3v) is 4.45. The minimum Gasteiger partial charge on any atom is -0.381 e. The van der Waals surface area contributed by atoms with Gasteiger partial charge in [-0.3, -0.25) is 0 Å². The second-order valence-electron chi connectivity index (χ2n) is 5.98. The minimum atomic E-state index is 0.413. The Labute approximate surface area is 111 Å². The second kappa shape index (κ2) is 5.45. The smallest absolute Gasteiger partial charge is 0.0471 e. The van der Waals surface area contributed by atoms with Crippen LogP contribution in [0.4, 0.5) is 0 Å². The average Bonchev–Trinajstić information content (AvgIpc) is 2.58. The van der Waals surface area contributed by atoms with Crippen LogP contribution >= 0.6 is 0 Å². The summed E-state index contributed by atoms with van der Waals surface area (Å²) in [7, 11) is 2.13. The van der Waals surface area contributed by atoms with Crippen molar-refractivity contribution in [1.29, 1.82) is 0 Å². The first kappa shape index (κ1) is 13.6. The maximum atomic E-state index is 5.44. The molecule has 0 spiro atoms. The van der Waals surface area contributed by atoms with Crippen molar-refractivity contribution in [3.63, 3.8) is 0 Å². The van der Waals surface area contributed by atoms with Crippen LogP contribution in [0.2, 0.25) is 0 Å². The van der Waals surface area contributed by atoms with E-state index in [1.54, 1.807) is 0 Å². The van der Waals surface area contributed by atoms with Crippen LogP contribution in [0.15, 0.2) is 6.07 Å². The van der Waals surface area contributed by atoms with Crippen molar-refractivity contribution >= 4 is 0 Å². The molecule has 1 fully saturated rings. The summed E-state index contributed by atoms with van der Waals surface area (Å²) in [5, 5.41) is 3.62. The van der Waals surface area contributed by atoms with E-state index in [2.05, 4.69) is 43.8 Å². The summed E-state index contributed by atoms with van der Waals surface area (Å²) in [6.07, 6.45) is 2.35. The van der Waals surface area contributed by atoms with Crippen LogP contribution in [0.3, 0.4) is 0 Å². The fourth-order valence-corrected chi connectivity index (χ4v) is 2.65. The fraction of sp³-hybridized carbons (Fsp3) is 0.733. The lowest BCUT2D eigenvalue weighted by Gasteiger charge is -2.33. The summed E-state index contributed by atoms with van der Waals surface area (Å²) in [5.41, 5.74) is 4.54. The molecule has 0 aliphatic carbocycles. The van der Waals surface area contributed by atoms with E-state index in [-0.39, 0.29) is 0 Å². The van der Waals surface area contributed by atoms with Crippen LogP contribution in [0, 0.1) is 19.3 Å². The van der Waals surface area contributed by atoms with Crippen LogP contribution in [0.5, 0.6) is 0 Å². The van der Waals surface area contributed by atoms with Gasteiger partial charge >= 0.3 is 0 Å². The predicted octanol–water partition coefficient (Wildman–Crippen LogP) is 2.55. The molecule has 0 bridgehead atoms. The molecule has 1 saturated heterocycles. The van der Waals surface area contributed by atoms with Gasteiger partial charge in [0, 0.05) is 44.7 Å². The van der Waals surface area contributed by atoms with E-state index in [0.717, 1.165) is 26.3 Å². The summed E-state index contributed by atoms with van der Waals surface area (Å²) < 4.78 is 7.69. The van der Waals surface area contributed by atoms with Crippen LogP contribution in [-0.4, -0.2) is 24.3 Å². The largest absolute Gasteiger partial charge is 0.381 e. The van der Waals surface area contributed by atoms with Gasteiger partial charge in [-0.25, -0.2) is 0 Å². The Bertz CT molecular complexity index is 403. The molecular formula is C15H26N2O. The maximum Gasteiger partial charge on any atom is 0.0471 e. The predicted molar refractivity (Wildman–Crippen MR) is 74.8 cm³/mol. The second-order valence-corrected chi connectivity index (χ2v) is 5.98. The van der Waals surface area contributed by atoms with Crippen molar-refractivity contribution in [1.82, 2.24) is 9.88 Å². The Balaban J connectivity index is 1.86. The third kappa shape index (κ3) is 2.96. The Kier molecular flexibility index (Phi) is 4.13. The number of aryl methyl sites for hydroxylation is 1. The Morgan fingerprint density at radius 3 is 2.56 bits per heavy atom. The summed E-state index contributed by atoms with van der Waals surface area (Å²) >= 11 is 0. The topological polar surface area (TPSA) is 26.2 Å². The Morgan fingerprint density at radius 2 is 2.00 bits per heavy atom. The number of nitrogens with one attached hydrogen (secondary N) is 1. The molecule has 1 aromatic rings. The van der Waals surface area contributed by atoms with E-state index in [4.69, 9.17) is 4.74 Å².